The first-order valence-corrected chi connectivity index (χ1v) is 9.43. The summed E-state index contributed by atoms with van der Waals surface area (Å²) in [7, 11) is -3.08. The van der Waals surface area contributed by atoms with Gasteiger partial charge in [-0.05, 0) is 64.3 Å². The van der Waals surface area contributed by atoms with Gasteiger partial charge in [-0.3, -0.25) is 0 Å². The first-order chi connectivity index (χ1) is 9.69. The first kappa shape index (κ1) is 18.2. The van der Waals surface area contributed by atoms with Crippen molar-refractivity contribution in [3.8, 4) is 0 Å². The van der Waals surface area contributed by atoms with Crippen LogP contribution in [0.4, 0.5) is 0 Å². The van der Waals surface area contributed by atoms with Crippen molar-refractivity contribution in [2.24, 2.45) is 0 Å². The Morgan fingerprint density at radius 1 is 1.10 bits per heavy atom. The number of hydrogen-bond donors (Lipinski definition) is 1. The summed E-state index contributed by atoms with van der Waals surface area (Å²) < 4.78 is 24.7. The molecular weight excluding hydrogens is 282 g/mol. The van der Waals surface area contributed by atoms with E-state index >= 15 is 0 Å². The molecule has 4 heteroatoms. The van der Waals surface area contributed by atoms with Crippen molar-refractivity contribution >= 4 is 9.84 Å². The van der Waals surface area contributed by atoms with Gasteiger partial charge in [0.15, 0.2) is 9.84 Å². The Morgan fingerprint density at radius 3 is 2.05 bits per heavy atom. The highest BCUT2D eigenvalue weighted by molar-refractivity contribution is 7.92. The number of benzene rings is 1. The molecule has 1 atom stereocenters. The SMILES string of the molecule is CCCNC(CS(=O)(=O)C(C)C)c1c(C)cc(C)cc1C. The lowest BCUT2D eigenvalue weighted by molar-refractivity contribution is 0.539. The molecule has 0 saturated heterocycles. The Morgan fingerprint density at radius 2 is 1.62 bits per heavy atom. The topological polar surface area (TPSA) is 46.2 Å². The summed E-state index contributed by atoms with van der Waals surface area (Å²) in [6.07, 6.45) is 0.988. The molecule has 1 N–H and O–H groups in total. The van der Waals surface area contributed by atoms with Crippen LogP contribution in [0.2, 0.25) is 0 Å². The minimum absolute atomic E-state index is 0.127. The van der Waals surface area contributed by atoms with Crippen molar-refractivity contribution in [2.75, 3.05) is 12.3 Å². The molecule has 1 aromatic rings. The molecule has 3 nitrogen and oxygen atoms in total. The Labute approximate surface area is 130 Å². The lowest BCUT2D eigenvalue weighted by Crippen LogP contribution is -2.32. The molecule has 120 valence electrons. The fourth-order valence-electron chi connectivity index (χ4n) is 2.73. The second-order valence-corrected chi connectivity index (χ2v) is 8.80. The summed E-state index contributed by atoms with van der Waals surface area (Å²) in [4.78, 5) is 0. The highest BCUT2D eigenvalue weighted by Gasteiger charge is 2.25. The molecule has 1 rings (SSSR count). The van der Waals surface area contributed by atoms with Crippen LogP contribution in [-0.4, -0.2) is 26.0 Å². The third kappa shape index (κ3) is 4.82. The quantitative estimate of drug-likeness (QED) is 0.838. The summed E-state index contributed by atoms with van der Waals surface area (Å²) in [6, 6.07) is 4.13. The molecule has 0 bridgehead atoms. The first-order valence-electron chi connectivity index (χ1n) is 7.71. The summed E-state index contributed by atoms with van der Waals surface area (Å²) in [6.45, 7) is 12.6. The van der Waals surface area contributed by atoms with Crippen molar-refractivity contribution in [1.82, 2.24) is 5.32 Å². The van der Waals surface area contributed by atoms with Crippen molar-refractivity contribution in [3.63, 3.8) is 0 Å². The predicted octanol–water partition coefficient (Wildman–Crippen LogP) is 3.48. The van der Waals surface area contributed by atoms with Gasteiger partial charge >= 0.3 is 0 Å². The number of hydrogen-bond acceptors (Lipinski definition) is 3. The van der Waals surface area contributed by atoms with Gasteiger partial charge in [0.25, 0.3) is 0 Å². The number of rotatable bonds is 7. The molecular formula is C17H29NO2S. The number of nitrogens with one attached hydrogen (secondary N) is 1. The van der Waals surface area contributed by atoms with E-state index in [1.807, 2.05) is 0 Å². The van der Waals surface area contributed by atoms with Gasteiger partial charge in [0.1, 0.15) is 0 Å². The maximum atomic E-state index is 12.3. The van der Waals surface area contributed by atoms with E-state index in [4.69, 9.17) is 0 Å². The molecule has 0 saturated carbocycles. The lowest BCUT2D eigenvalue weighted by Gasteiger charge is -2.24. The maximum Gasteiger partial charge on any atom is 0.154 e. The Balaban J connectivity index is 3.20. The van der Waals surface area contributed by atoms with Crippen LogP contribution in [0, 0.1) is 20.8 Å². The van der Waals surface area contributed by atoms with Crippen molar-refractivity contribution in [3.05, 3.63) is 34.4 Å². The fourth-order valence-corrected chi connectivity index (χ4v) is 3.86. The summed E-state index contributed by atoms with van der Waals surface area (Å²) in [5.41, 5.74) is 4.69. The fraction of sp³-hybridized carbons (Fsp3) is 0.647. The van der Waals surface area contributed by atoms with E-state index in [0.717, 1.165) is 18.5 Å². The zero-order valence-electron chi connectivity index (χ0n) is 14.2. The molecule has 21 heavy (non-hydrogen) atoms. The zero-order chi connectivity index (χ0) is 16.2. The molecule has 0 heterocycles. The van der Waals surface area contributed by atoms with Crippen LogP contribution >= 0.6 is 0 Å². The average molecular weight is 311 g/mol. The van der Waals surface area contributed by atoms with E-state index in [9.17, 15) is 8.42 Å². The van der Waals surface area contributed by atoms with Crippen molar-refractivity contribution < 1.29 is 8.42 Å². The molecule has 0 spiro atoms. The van der Waals surface area contributed by atoms with E-state index in [0.29, 0.717) is 0 Å². The molecule has 0 aliphatic carbocycles. The summed E-state index contributed by atoms with van der Waals surface area (Å²) in [5, 5.41) is 3.08. The molecule has 0 fully saturated rings. The van der Waals surface area contributed by atoms with E-state index in [1.54, 1.807) is 13.8 Å². The van der Waals surface area contributed by atoms with Gasteiger partial charge in [0, 0.05) is 6.04 Å². The predicted molar refractivity (Wildman–Crippen MR) is 90.6 cm³/mol. The van der Waals surface area contributed by atoms with Gasteiger partial charge in [-0.15, -0.1) is 0 Å². The minimum Gasteiger partial charge on any atom is -0.309 e. The molecule has 0 aliphatic heterocycles. The normalized spacial score (nSPS) is 13.7. The second-order valence-electron chi connectivity index (χ2n) is 6.20. The average Bonchev–Trinajstić information content (AvgIpc) is 2.33. The van der Waals surface area contributed by atoms with Crippen LogP contribution in [0.5, 0.6) is 0 Å². The van der Waals surface area contributed by atoms with Crippen LogP contribution in [0.3, 0.4) is 0 Å². The molecule has 0 radical (unpaired) electrons. The zero-order valence-corrected chi connectivity index (χ0v) is 15.0. The van der Waals surface area contributed by atoms with Crippen LogP contribution in [0.1, 0.15) is 55.5 Å². The van der Waals surface area contributed by atoms with E-state index in [-0.39, 0.29) is 17.0 Å². The van der Waals surface area contributed by atoms with Crippen molar-refractivity contribution in [1.29, 1.82) is 0 Å². The molecule has 1 aromatic carbocycles. The van der Waals surface area contributed by atoms with E-state index in [1.165, 1.54) is 16.7 Å². The standard InChI is InChI=1S/C17H29NO2S/c1-7-8-18-16(11-21(19,20)12(2)3)17-14(5)9-13(4)10-15(17)6/h9-10,12,16,18H,7-8,11H2,1-6H3. The molecule has 1 unspecified atom stereocenters. The monoisotopic (exact) mass is 311 g/mol. The minimum atomic E-state index is -3.08. The van der Waals surface area contributed by atoms with Gasteiger partial charge < -0.3 is 5.32 Å². The molecule has 0 amide bonds. The van der Waals surface area contributed by atoms with Gasteiger partial charge in [0.2, 0.25) is 0 Å². The van der Waals surface area contributed by atoms with Gasteiger partial charge in [-0.25, -0.2) is 8.42 Å². The highest BCUT2D eigenvalue weighted by Crippen LogP contribution is 2.26. The lowest BCUT2D eigenvalue weighted by atomic mass is 9.95. The summed E-state index contributed by atoms with van der Waals surface area (Å²) in [5.74, 6) is 0.162. The van der Waals surface area contributed by atoms with E-state index < -0.39 is 9.84 Å². The third-order valence-electron chi connectivity index (χ3n) is 3.84. The van der Waals surface area contributed by atoms with Gasteiger partial charge in [-0.1, -0.05) is 24.6 Å². The Hall–Kier alpha value is -0.870. The molecule has 0 aromatic heterocycles. The maximum absolute atomic E-state index is 12.3. The van der Waals surface area contributed by atoms with Crippen LogP contribution < -0.4 is 5.32 Å². The van der Waals surface area contributed by atoms with Crippen LogP contribution in [0.25, 0.3) is 0 Å². The number of aryl methyl sites for hydroxylation is 3. The van der Waals surface area contributed by atoms with E-state index in [2.05, 4.69) is 45.1 Å². The largest absolute Gasteiger partial charge is 0.309 e. The Bertz CT molecular complexity index is 553. The van der Waals surface area contributed by atoms with Crippen LogP contribution in [-0.2, 0) is 9.84 Å². The van der Waals surface area contributed by atoms with Gasteiger partial charge in [0.05, 0.1) is 11.0 Å². The van der Waals surface area contributed by atoms with Gasteiger partial charge in [-0.2, -0.15) is 0 Å². The third-order valence-corrected chi connectivity index (χ3v) is 6.08. The van der Waals surface area contributed by atoms with Crippen molar-refractivity contribution in [2.45, 2.75) is 59.3 Å². The smallest absolute Gasteiger partial charge is 0.154 e. The number of sulfone groups is 1. The molecule has 0 aliphatic rings. The second kappa shape index (κ2) is 7.41. The Kier molecular flexibility index (Phi) is 6.41. The summed E-state index contributed by atoms with van der Waals surface area (Å²) >= 11 is 0. The van der Waals surface area contributed by atoms with Crippen LogP contribution in [0.15, 0.2) is 12.1 Å². The highest BCUT2D eigenvalue weighted by atomic mass is 32.2.